The standard InChI is InChI=1S/C23H23ClF3N3OS2/c1-14(18-10-15(23(26)27)2-4-20(18)25)30-8-6-16(7-9-30)31-21-5-3-17(11-19(21)24)33-29-22-12-32-13-28-22/h2-5,10-14,16,23,29H,6-9H2,1H3. The topological polar surface area (TPSA) is 37.4 Å². The zero-order valence-corrected chi connectivity index (χ0v) is 20.2. The summed E-state index contributed by atoms with van der Waals surface area (Å²) in [6.07, 6.45) is -1.17. The van der Waals surface area contributed by atoms with Gasteiger partial charge in [0.25, 0.3) is 6.43 Å². The largest absolute Gasteiger partial charge is 0.489 e. The first-order chi connectivity index (χ1) is 15.9. The van der Waals surface area contributed by atoms with E-state index in [2.05, 4.69) is 14.6 Å². The number of halogens is 4. The van der Waals surface area contributed by atoms with E-state index < -0.39 is 12.2 Å². The molecular weight excluding hydrogens is 491 g/mol. The maximum absolute atomic E-state index is 14.3. The second kappa shape index (κ2) is 11.0. The molecule has 0 amide bonds. The molecule has 10 heteroatoms. The molecule has 2 aromatic carbocycles. The van der Waals surface area contributed by atoms with Gasteiger partial charge in [-0.25, -0.2) is 18.2 Å². The number of benzene rings is 2. The molecule has 1 saturated heterocycles. The number of nitrogens with zero attached hydrogens (tertiary/aromatic N) is 2. The highest BCUT2D eigenvalue weighted by Crippen LogP contribution is 2.34. The van der Waals surface area contributed by atoms with Crippen molar-refractivity contribution in [3.8, 4) is 5.75 Å². The minimum atomic E-state index is -2.62. The highest BCUT2D eigenvalue weighted by Gasteiger charge is 2.27. The van der Waals surface area contributed by atoms with Crippen LogP contribution in [0.4, 0.5) is 19.0 Å². The van der Waals surface area contributed by atoms with Gasteiger partial charge in [-0.1, -0.05) is 17.7 Å². The lowest BCUT2D eigenvalue weighted by atomic mass is 9.99. The zero-order valence-electron chi connectivity index (χ0n) is 17.8. The van der Waals surface area contributed by atoms with Crippen LogP contribution in [0.25, 0.3) is 0 Å². The number of aromatic nitrogens is 1. The summed E-state index contributed by atoms with van der Waals surface area (Å²) in [5.74, 6) is 0.958. The summed E-state index contributed by atoms with van der Waals surface area (Å²) in [4.78, 5) is 7.21. The zero-order chi connectivity index (χ0) is 23.4. The van der Waals surface area contributed by atoms with Crippen molar-refractivity contribution in [2.24, 2.45) is 0 Å². The Labute approximate surface area is 204 Å². The average molecular weight is 514 g/mol. The number of hydrogen-bond donors (Lipinski definition) is 1. The molecule has 0 saturated carbocycles. The minimum absolute atomic E-state index is 0.0187. The SMILES string of the molecule is CC(c1cc(C(F)F)ccc1F)N1CCC(Oc2ccc(SNc3cscn3)cc2Cl)CC1. The van der Waals surface area contributed by atoms with E-state index >= 15 is 0 Å². The lowest BCUT2D eigenvalue weighted by Gasteiger charge is -2.36. The molecule has 1 unspecified atom stereocenters. The Hall–Kier alpha value is -1.94. The fourth-order valence-electron chi connectivity index (χ4n) is 3.79. The number of ether oxygens (including phenoxy) is 1. The van der Waals surface area contributed by atoms with Crippen LogP contribution in [-0.4, -0.2) is 29.1 Å². The first kappa shape index (κ1) is 24.2. The summed E-state index contributed by atoms with van der Waals surface area (Å²) in [7, 11) is 0. The summed E-state index contributed by atoms with van der Waals surface area (Å²) < 4.78 is 49.6. The van der Waals surface area contributed by atoms with Crippen LogP contribution < -0.4 is 9.46 Å². The van der Waals surface area contributed by atoms with Crippen molar-refractivity contribution in [1.82, 2.24) is 9.88 Å². The molecule has 4 nitrogen and oxygen atoms in total. The Morgan fingerprint density at radius 1 is 1.21 bits per heavy atom. The number of rotatable bonds is 8. The molecule has 1 aliphatic rings. The molecule has 0 bridgehead atoms. The summed E-state index contributed by atoms with van der Waals surface area (Å²) >= 11 is 9.37. The summed E-state index contributed by atoms with van der Waals surface area (Å²) in [5, 5.41) is 2.45. The third kappa shape index (κ3) is 6.15. The van der Waals surface area contributed by atoms with Crippen LogP contribution in [0, 0.1) is 5.82 Å². The van der Waals surface area contributed by atoms with Crippen LogP contribution in [0.5, 0.6) is 5.75 Å². The number of likely N-dealkylation sites (tertiary alicyclic amines) is 1. The molecule has 3 aromatic rings. The number of nitrogens with one attached hydrogen (secondary N) is 1. The first-order valence-corrected chi connectivity index (χ1v) is 12.6. The van der Waals surface area contributed by atoms with Gasteiger partial charge in [0.15, 0.2) is 0 Å². The van der Waals surface area contributed by atoms with Gasteiger partial charge in [-0.3, -0.25) is 4.90 Å². The minimum Gasteiger partial charge on any atom is -0.489 e. The maximum Gasteiger partial charge on any atom is 0.263 e. The number of anilines is 1. The fourth-order valence-corrected chi connectivity index (χ4v) is 5.29. The highest BCUT2D eigenvalue weighted by atomic mass is 35.5. The van der Waals surface area contributed by atoms with Gasteiger partial charge in [0, 0.05) is 40.5 Å². The van der Waals surface area contributed by atoms with Crippen LogP contribution in [0.2, 0.25) is 5.02 Å². The number of thiazole rings is 1. The molecule has 4 rings (SSSR count). The van der Waals surface area contributed by atoms with Crippen molar-refractivity contribution in [3.05, 3.63) is 69.3 Å². The lowest BCUT2D eigenvalue weighted by Crippen LogP contribution is -2.39. The summed E-state index contributed by atoms with van der Waals surface area (Å²) in [6, 6.07) is 8.87. The van der Waals surface area contributed by atoms with Gasteiger partial charge in [0.1, 0.15) is 23.5 Å². The summed E-state index contributed by atoms with van der Waals surface area (Å²) in [6.45, 7) is 3.20. The number of piperidine rings is 1. The van der Waals surface area contributed by atoms with Gasteiger partial charge < -0.3 is 9.46 Å². The van der Waals surface area contributed by atoms with Gasteiger partial charge in [-0.2, -0.15) is 0 Å². The molecule has 0 spiro atoms. The monoisotopic (exact) mass is 513 g/mol. The second-order valence-electron chi connectivity index (χ2n) is 7.78. The highest BCUT2D eigenvalue weighted by molar-refractivity contribution is 8.00. The Morgan fingerprint density at radius 3 is 2.67 bits per heavy atom. The van der Waals surface area contributed by atoms with E-state index in [0.29, 0.717) is 29.4 Å². The van der Waals surface area contributed by atoms with Gasteiger partial charge >= 0.3 is 0 Å². The second-order valence-corrected chi connectivity index (χ2v) is 9.79. The molecule has 0 radical (unpaired) electrons. The smallest absolute Gasteiger partial charge is 0.263 e. The Balaban J connectivity index is 1.31. The quantitative estimate of drug-likeness (QED) is 0.314. The first-order valence-electron chi connectivity index (χ1n) is 10.5. The van der Waals surface area contributed by atoms with Crippen molar-refractivity contribution in [3.63, 3.8) is 0 Å². The molecule has 1 aliphatic heterocycles. The fraction of sp³-hybridized carbons (Fsp3) is 0.348. The number of hydrogen-bond acceptors (Lipinski definition) is 6. The average Bonchev–Trinajstić information content (AvgIpc) is 3.33. The normalized spacial score (nSPS) is 16.2. The Bertz CT molecular complexity index is 1060. The van der Waals surface area contributed by atoms with Crippen molar-refractivity contribution < 1.29 is 17.9 Å². The third-order valence-corrected chi connectivity index (χ3v) is 7.33. The van der Waals surface area contributed by atoms with E-state index in [1.165, 1.54) is 29.4 Å². The molecule has 1 N–H and O–H groups in total. The van der Waals surface area contributed by atoms with E-state index in [4.69, 9.17) is 16.3 Å². The molecule has 2 heterocycles. The molecule has 1 aromatic heterocycles. The van der Waals surface area contributed by atoms with Crippen molar-refractivity contribution >= 4 is 40.7 Å². The van der Waals surface area contributed by atoms with Crippen LogP contribution in [0.1, 0.15) is 43.4 Å². The third-order valence-electron chi connectivity index (χ3n) is 5.65. The summed E-state index contributed by atoms with van der Waals surface area (Å²) in [5.41, 5.74) is 1.90. The van der Waals surface area contributed by atoms with E-state index in [1.54, 1.807) is 5.51 Å². The van der Waals surface area contributed by atoms with Gasteiger partial charge in [0.2, 0.25) is 0 Å². The molecular formula is C23H23ClF3N3OS2. The van der Waals surface area contributed by atoms with Gasteiger partial charge in [-0.15, -0.1) is 11.3 Å². The van der Waals surface area contributed by atoms with Crippen LogP contribution in [0.3, 0.4) is 0 Å². The molecule has 0 aliphatic carbocycles. The van der Waals surface area contributed by atoms with E-state index in [9.17, 15) is 13.2 Å². The maximum atomic E-state index is 14.3. The number of alkyl halides is 2. The van der Waals surface area contributed by atoms with Crippen molar-refractivity contribution in [2.75, 3.05) is 17.8 Å². The predicted octanol–water partition coefficient (Wildman–Crippen LogP) is 7.60. The van der Waals surface area contributed by atoms with Crippen molar-refractivity contribution in [1.29, 1.82) is 0 Å². The van der Waals surface area contributed by atoms with E-state index in [1.807, 2.05) is 30.5 Å². The molecule has 33 heavy (non-hydrogen) atoms. The van der Waals surface area contributed by atoms with Crippen LogP contribution in [-0.2, 0) is 0 Å². The predicted molar refractivity (Wildman–Crippen MR) is 128 cm³/mol. The molecule has 1 atom stereocenters. The van der Waals surface area contributed by atoms with Crippen LogP contribution >= 0.6 is 34.9 Å². The molecule has 1 fully saturated rings. The Kier molecular flexibility index (Phi) is 8.06. The van der Waals surface area contributed by atoms with E-state index in [-0.39, 0.29) is 17.7 Å². The molecule has 176 valence electrons. The van der Waals surface area contributed by atoms with Crippen molar-refractivity contribution in [2.45, 2.75) is 43.2 Å². The van der Waals surface area contributed by atoms with Gasteiger partial charge in [-0.05, 0) is 62.0 Å². The van der Waals surface area contributed by atoms with E-state index in [0.717, 1.165) is 35.7 Å². The van der Waals surface area contributed by atoms with Gasteiger partial charge in [0.05, 0.1) is 10.5 Å². The van der Waals surface area contributed by atoms with Crippen LogP contribution in [0.15, 0.2) is 52.2 Å². The Morgan fingerprint density at radius 2 is 2.00 bits per heavy atom. The lowest BCUT2D eigenvalue weighted by molar-refractivity contribution is 0.0787.